The van der Waals surface area contributed by atoms with E-state index < -0.39 is 0 Å². The topological polar surface area (TPSA) is 112 Å². The number of hydrogen-bond acceptors (Lipinski definition) is 8. The van der Waals surface area contributed by atoms with Crippen LogP contribution in [0.2, 0.25) is 0 Å². The van der Waals surface area contributed by atoms with Crippen molar-refractivity contribution in [3.05, 3.63) is 41.6 Å². The van der Waals surface area contributed by atoms with Crippen LogP contribution in [0.5, 0.6) is 5.75 Å². The third kappa shape index (κ3) is 5.17. The van der Waals surface area contributed by atoms with Crippen molar-refractivity contribution in [2.75, 3.05) is 44.0 Å². The molecule has 3 aromatic rings. The number of hydrogen-bond donors (Lipinski definition) is 3. The summed E-state index contributed by atoms with van der Waals surface area (Å²) in [4.78, 5) is 9.34. The van der Waals surface area contributed by atoms with Crippen molar-refractivity contribution < 1.29 is 9.47 Å². The standard InChI is InChI=1S/C21H31N7O2/c1-14(2)18-13-24-28-19(18)26-20(23-9-11-30-10-8-22)27-21(28)25-15(3)16-6-5-7-17(12-16)29-4/h5-7,12-15H,8-11,22H2,1-4H3,(H2,23,25,26,27). The highest BCUT2D eigenvalue weighted by Crippen LogP contribution is 2.25. The van der Waals surface area contributed by atoms with E-state index in [9.17, 15) is 0 Å². The Morgan fingerprint density at radius 2 is 2.00 bits per heavy atom. The van der Waals surface area contributed by atoms with Crippen molar-refractivity contribution in [2.24, 2.45) is 5.73 Å². The number of methoxy groups -OCH3 is 1. The Kier molecular flexibility index (Phi) is 7.42. The van der Waals surface area contributed by atoms with E-state index in [4.69, 9.17) is 15.2 Å². The minimum atomic E-state index is -0.00867. The summed E-state index contributed by atoms with van der Waals surface area (Å²) in [5, 5.41) is 11.2. The molecular formula is C21H31N7O2. The maximum Gasteiger partial charge on any atom is 0.229 e. The molecule has 4 N–H and O–H groups in total. The molecule has 3 rings (SSSR count). The molecule has 0 aliphatic carbocycles. The van der Waals surface area contributed by atoms with E-state index in [1.165, 1.54) is 0 Å². The highest BCUT2D eigenvalue weighted by atomic mass is 16.5. The van der Waals surface area contributed by atoms with Crippen molar-refractivity contribution in [1.29, 1.82) is 0 Å². The first-order chi connectivity index (χ1) is 14.5. The first-order valence-electron chi connectivity index (χ1n) is 10.2. The molecule has 1 aromatic carbocycles. The molecule has 1 unspecified atom stereocenters. The molecule has 9 nitrogen and oxygen atoms in total. The molecule has 0 radical (unpaired) electrons. The molecule has 162 valence electrons. The second-order valence-electron chi connectivity index (χ2n) is 7.33. The Balaban J connectivity index is 1.87. The van der Waals surface area contributed by atoms with Crippen LogP contribution in [0, 0.1) is 0 Å². The number of rotatable bonds is 11. The van der Waals surface area contributed by atoms with Gasteiger partial charge < -0.3 is 25.8 Å². The summed E-state index contributed by atoms with van der Waals surface area (Å²) < 4.78 is 12.5. The van der Waals surface area contributed by atoms with Crippen LogP contribution in [0.1, 0.15) is 43.9 Å². The monoisotopic (exact) mass is 413 g/mol. The Morgan fingerprint density at radius 3 is 2.73 bits per heavy atom. The highest BCUT2D eigenvalue weighted by molar-refractivity contribution is 5.56. The number of nitrogens with one attached hydrogen (secondary N) is 2. The van der Waals surface area contributed by atoms with E-state index in [2.05, 4.69) is 52.5 Å². The van der Waals surface area contributed by atoms with Gasteiger partial charge in [-0.25, -0.2) is 0 Å². The zero-order valence-electron chi connectivity index (χ0n) is 18.1. The van der Waals surface area contributed by atoms with Crippen molar-refractivity contribution in [2.45, 2.75) is 32.7 Å². The van der Waals surface area contributed by atoms with Gasteiger partial charge in [0.15, 0.2) is 5.65 Å². The van der Waals surface area contributed by atoms with Gasteiger partial charge in [-0.05, 0) is 30.5 Å². The molecule has 0 aliphatic heterocycles. The van der Waals surface area contributed by atoms with E-state index in [-0.39, 0.29) is 6.04 Å². The summed E-state index contributed by atoms with van der Waals surface area (Å²) in [7, 11) is 1.66. The highest BCUT2D eigenvalue weighted by Gasteiger charge is 2.17. The fraction of sp³-hybridized carbons (Fsp3) is 0.476. The van der Waals surface area contributed by atoms with Crippen LogP contribution in [-0.4, -0.2) is 53.0 Å². The van der Waals surface area contributed by atoms with E-state index in [0.29, 0.717) is 44.1 Å². The SMILES string of the molecule is COc1cccc(C(C)Nc2nc(NCCOCCN)nc3c(C(C)C)cnn23)c1. The summed E-state index contributed by atoms with van der Waals surface area (Å²) >= 11 is 0. The minimum Gasteiger partial charge on any atom is -0.497 e. The largest absolute Gasteiger partial charge is 0.497 e. The molecule has 0 spiro atoms. The number of fused-ring (bicyclic) bond motifs is 1. The predicted molar refractivity (Wildman–Crippen MR) is 118 cm³/mol. The number of ether oxygens (including phenoxy) is 2. The van der Waals surface area contributed by atoms with Crippen LogP contribution in [-0.2, 0) is 4.74 Å². The average Bonchev–Trinajstić information content (AvgIpc) is 3.18. The molecule has 2 aromatic heterocycles. The third-order valence-corrected chi connectivity index (χ3v) is 4.75. The van der Waals surface area contributed by atoms with Crippen LogP contribution >= 0.6 is 0 Å². The molecule has 0 fully saturated rings. The smallest absolute Gasteiger partial charge is 0.229 e. The maximum absolute atomic E-state index is 5.45. The molecule has 0 amide bonds. The number of benzene rings is 1. The lowest BCUT2D eigenvalue weighted by Gasteiger charge is -2.17. The predicted octanol–water partition coefficient (Wildman–Crippen LogP) is 2.82. The summed E-state index contributed by atoms with van der Waals surface area (Å²) in [6.45, 7) is 8.48. The Morgan fingerprint density at radius 1 is 1.17 bits per heavy atom. The van der Waals surface area contributed by atoms with E-state index in [0.717, 1.165) is 22.5 Å². The van der Waals surface area contributed by atoms with Crippen molar-refractivity contribution in [3.63, 3.8) is 0 Å². The summed E-state index contributed by atoms with van der Waals surface area (Å²) in [5.41, 5.74) is 8.39. The molecule has 0 bridgehead atoms. The van der Waals surface area contributed by atoms with Gasteiger partial charge in [0.1, 0.15) is 5.75 Å². The summed E-state index contributed by atoms with van der Waals surface area (Å²) in [6.07, 6.45) is 1.85. The van der Waals surface area contributed by atoms with Gasteiger partial charge in [0, 0.05) is 18.7 Å². The van der Waals surface area contributed by atoms with E-state index in [1.807, 2.05) is 24.4 Å². The number of nitrogens with zero attached hydrogens (tertiary/aromatic N) is 4. The minimum absolute atomic E-state index is 0.00867. The summed E-state index contributed by atoms with van der Waals surface area (Å²) in [6, 6.07) is 7.95. The Labute approximate surface area is 177 Å². The van der Waals surface area contributed by atoms with E-state index in [1.54, 1.807) is 11.6 Å². The van der Waals surface area contributed by atoms with Gasteiger partial charge in [-0.3, -0.25) is 0 Å². The lowest BCUT2D eigenvalue weighted by atomic mass is 10.1. The molecule has 0 aliphatic rings. The molecule has 0 saturated carbocycles. The number of nitrogens with two attached hydrogens (primary N) is 1. The van der Waals surface area contributed by atoms with Crippen molar-refractivity contribution >= 4 is 17.5 Å². The fourth-order valence-electron chi connectivity index (χ4n) is 3.08. The van der Waals surface area contributed by atoms with Crippen LogP contribution in [0.25, 0.3) is 5.65 Å². The lowest BCUT2D eigenvalue weighted by Crippen LogP contribution is -2.18. The van der Waals surface area contributed by atoms with Gasteiger partial charge in [0.2, 0.25) is 11.9 Å². The van der Waals surface area contributed by atoms with Gasteiger partial charge in [-0.15, -0.1) is 0 Å². The van der Waals surface area contributed by atoms with Crippen molar-refractivity contribution in [1.82, 2.24) is 19.6 Å². The second-order valence-corrected chi connectivity index (χ2v) is 7.33. The van der Waals surface area contributed by atoms with Gasteiger partial charge in [-0.1, -0.05) is 26.0 Å². The zero-order chi connectivity index (χ0) is 21.5. The van der Waals surface area contributed by atoms with Crippen LogP contribution < -0.4 is 21.1 Å². The van der Waals surface area contributed by atoms with Crippen LogP contribution in [0.4, 0.5) is 11.9 Å². The van der Waals surface area contributed by atoms with E-state index >= 15 is 0 Å². The van der Waals surface area contributed by atoms with Crippen LogP contribution in [0.3, 0.4) is 0 Å². The molecular weight excluding hydrogens is 382 g/mol. The quantitative estimate of drug-likeness (QED) is 0.412. The van der Waals surface area contributed by atoms with Gasteiger partial charge >= 0.3 is 0 Å². The normalized spacial score (nSPS) is 12.3. The van der Waals surface area contributed by atoms with Gasteiger partial charge in [-0.2, -0.15) is 19.6 Å². The molecule has 2 heterocycles. The molecule has 1 atom stereocenters. The Hall–Kier alpha value is -2.91. The van der Waals surface area contributed by atoms with Gasteiger partial charge in [0.25, 0.3) is 0 Å². The zero-order valence-corrected chi connectivity index (χ0v) is 18.1. The fourth-order valence-corrected chi connectivity index (χ4v) is 3.08. The molecule has 0 saturated heterocycles. The average molecular weight is 414 g/mol. The third-order valence-electron chi connectivity index (χ3n) is 4.75. The second kappa shape index (κ2) is 10.2. The van der Waals surface area contributed by atoms with Crippen LogP contribution in [0.15, 0.2) is 30.5 Å². The Bertz CT molecular complexity index is 958. The molecule has 30 heavy (non-hydrogen) atoms. The number of anilines is 2. The number of aromatic nitrogens is 4. The van der Waals surface area contributed by atoms with Crippen molar-refractivity contribution in [3.8, 4) is 5.75 Å². The summed E-state index contributed by atoms with van der Waals surface area (Å²) in [5.74, 6) is 2.26. The van der Waals surface area contributed by atoms with Gasteiger partial charge in [0.05, 0.1) is 32.6 Å². The first-order valence-corrected chi connectivity index (χ1v) is 10.2. The first kappa shape index (κ1) is 21.8. The maximum atomic E-state index is 5.45. The lowest BCUT2D eigenvalue weighted by molar-refractivity contribution is 0.151. The molecule has 9 heteroatoms.